The van der Waals surface area contributed by atoms with Gasteiger partial charge < -0.3 is 4.90 Å². The first-order chi connectivity index (χ1) is 9.70. The topological polar surface area (TPSA) is 54.5 Å². The van der Waals surface area contributed by atoms with E-state index in [1.54, 1.807) is 17.0 Å². The van der Waals surface area contributed by atoms with Crippen molar-refractivity contribution in [3.63, 3.8) is 0 Å². The molecule has 0 bridgehead atoms. The van der Waals surface area contributed by atoms with Gasteiger partial charge in [-0.1, -0.05) is 13.8 Å². The van der Waals surface area contributed by atoms with Crippen LogP contribution in [-0.4, -0.2) is 32.3 Å². The van der Waals surface area contributed by atoms with Crippen LogP contribution < -0.4 is 0 Å². The number of rotatable bonds is 2. The van der Waals surface area contributed by atoms with Gasteiger partial charge in [-0.2, -0.15) is 0 Å². The normalized spacial score (nSPS) is 23.1. The van der Waals surface area contributed by atoms with E-state index in [2.05, 4.69) is 29.8 Å². The van der Waals surface area contributed by atoms with Gasteiger partial charge in [-0.15, -0.1) is 0 Å². The fourth-order valence-corrected chi connectivity index (χ4v) is 4.57. The molecule has 0 saturated carbocycles. The minimum Gasteiger partial charge on any atom is -0.338 e. The number of amides is 1. The molecule has 1 aromatic carbocycles. The van der Waals surface area contributed by atoms with Gasteiger partial charge in [0.25, 0.3) is 15.0 Å². The SMILES string of the molecule is CC1CCN(C(=O)c2ccc(Br)c(S(=O)(=O)Cl)c2)CC1C. The highest BCUT2D eigenvalue weighted by Crippen LogP contribution is 2.28. The van der Waals surface area contributed by atoms with Crippen molar-refractivity contribution in [2.75, 3.05) is 13.1 Å². The van der Waals surface area contributed by atoms with Gasteiger partial charge in [0, 0.05) is 33.8 Å². The third-order valence-electron chi connectivity index (χ3n) is 4.06. The number of benzene rings is 1. The average molecular weight is 395 g/mol. The Bertz CT molecular complexity index is 662. The third kappa shape index (κ3) is 3.79. The van der Waals surface area contributed by atoms with Gasteiger partial charge in [0.2, 0.25) is 0 Å². The summed E-state index contributed by atoms with van der Waals surface area (Å²) in [7, 11) is 1.50. The predicted molar refractivity (Wildman–Crippen MR) is 86.0 cm³/mol. The summed E-state index contributed by atoms with van der Waals surface area (Å²) in [5.41, 5.74) is 0.346. The van der Waals surface area contributed by atoms with Crippen LogP contribution in [0.5, 0.6) is 0 Å². The molecule has 1 saturated heterocycles. The van der Waals surface area contributed by atoms with Gasteiger partial charge in [-0.3, -0.25) is 4.79 Å². The fraction of sp³-hybridized carbons (Fsp3) is 0.500. The van der Waals surface area contributed by atoms with Crippen LogP contribution in [0.15, 0.2) is 27.6 Å². The standard InChI is InChI=1S/C14H17BrClNO3S/c1-9-5-6-17(8-10(9)2)14(18)11-3-4-12(15)13(7-11)21(16,19)20/h3-4,7,9-10H,5-6,8H2,1-2H3. The van der Waals surface area contributed by atoms with Crippen LogP contribution >= 0.6 is 26.6 Å². The number of hydrogen-bond acceptors (Lipinski definition) is 3. The number of hydrogen-bond donors (Lipinski definition) is 0. The minimum atomic E-state index is -3.89. The summed E-state index contributed by atoms with van der Waals surface area (Å²) in [5, 5.41) is 0. The highest BCUT2D eigenvalue weighted by Gasteiger charge is 2.27. The molecule has 4 nitrogen and oxygen atoms in total. The van der Waals surface area contributed by atoms with E-state index in [0.29, 0.717) is 35.0 Å². The van der Waals surface area contributed by atoms with E-state index < -0.39 is 9.05 Å². The van der Waals surface area contributed by atoms with Crippen LogP contribution in [0.4, 0.5) is 0 Å². The second-order valence-electron chi connectivity index (χ2n) is 5.58. The Balaban J connectivity index is 2.28. The number of nitrogens with zero attached hydrogens (tertiary/aromatic N) is 1. The summed E-state index contributed by atoms with van der Waals surface area (Å²) < 4.78 is 23.4. The molecular weight excluding hydrogens is 378 g/mol. The molecule has 2 unspecified atom stereocenters. The third-order valence-corrected chi connectivity index (χ3v) is 6.38. The lowest BCUT2D eigenvalue weighted by atomic mass is 9.88. The molecule has 1 heterocycles. The molecule has 1 aliphatic heterocycles. The van der Waals surface area contributed by atoms with E-state index in [4.69, 9.17) is 10.7 Å². The maximum Gasteiger partial charge on any atom is 0.262 e. The number of carbonyl (C=O) groups excluding carboxylic acids is 1. The van der Waals surface area contributed by atoms with Crippen LogP contribution in [0.2, 0.25) is 0 Å². The fourth-order valence-electron chi connectivity index (χ4n) is 2.45. The quantitative estimate of drug-likeness (QED) is 0.721. The highest BCUT2D eigenvalue weighted by molar-refractivity contribution is 9.10. The van der Waals surface area contributed by atoms with Crippen molar-refractivity contribution in [3.8, 4) is 0 Å². The Hall–Kier alpha value is -0.590. The van der Waals surface area contributed by atoms with Crippen LogP contribution in [-0.2, 0) is 9.05 Å². The molecule has 7 heteroatoms. The Morgan fingerprint density at radius 1 is 1.33 bits per heavy atom. The minimum absolute atomic E-state index is 0.0755. The summed E-state index contributed by atoms with van der Waals surface area (Å²) in [5.74, 6) is 0.884. The van der Waals surface area contributed by atoms with Gasteiger partial charge in [0.05, 0.1) is 4.90 Å². The summed E-state index contributed by atoms with van der Waals surface area (Å²) in [6, 6.07) is 4.48. The molecule has 2 rings (SSSR count). The number of halogens is 2. The molecule has 0 radical (unpaired) electrons. The zero-order valence-electron chi connectivity index (χ0n) is 11.8. The summed E-state index contributed by atoms with van der Waals surface area (Å²) >= 11 is 3.14. The van der Waals surface area contributed by atoms with Gasteiger partial charge in [-0.05, 0) is 52.4 Å². The molecule has 0 spiro atoms. The first-order valence-electron chi connectivity index (χ1n) is 6.73. The van der Waals surface area contributed by atoms with Crippen molar-refractivity contribution in [1.82, 2.24) is 4.90 Å². The molecule has 1 aromatic rings. The molecule has 116 valence electrons. The summed E-state index contributed by atoms with van der Waals surface area (Å²) in [6.45, 7) is 5.70. The van der Waals surface area contributed by atoms with E-state index in [1.165, 1.54) is 6.07 Å². The van der Waals surface area contributed by atoms with Crippen molar-refractivity contribution in [2.24, 2.45) is 11.8 Å². The Kier molecular flexibility index (Phi) is 5.00. The van der Waals surface area contributed by atoms with E-state index in [-0.39, 0.29) is 10.8 Å². The smallest absolute Gasteiger partial charge is 0.262 e. The Labute approximate surface area is 138 Å². The van der Waals surface area contributed by atoms with E-state index in [9.17, 15) is 13.2 Å². The Morgan fingerprint density at radius 2 is 2.00 bits per heavy atom. The van der Waals surface area contributed by atoms with E-state index in [1.807, 2.05) is 0 Å². The molecule has 1 aliphatic rings. The maximum absolute atomic E-state index is 12.5. The maximum atomic E-state index is 12.5. The van der Waals surface area contributed by atoms with Crippen LogP contribution in [0.25, 0.3) is 0 Å². The van der Waals surface area contributed by atoms with Crippen LogP contribution in [0.3, 0.4) is 0 Å². The predicted octanol–water partition coefficient (Wildman–Crippen LogP) is 3.49. The molecular formula is C14H17BrClNO3S. The number of carbonyl (C=O) groups is 1. The van der Waals surface area contributed by atoms with Crippen molar-refractivity contribution >= 4 is 41.6 Å². The molecule has 0 aromatic heterocycles. The molecule has 1 fully saturated rings. The number of likely N-dealkylation sites (tertiary alicyclic amines) is 1. The average Bonchev–Trinajstić information content (AvgIpc) is 2.40. The zero-order chi connectivity index (χ0) is 15.8. The van der Waals surface area contributed by atoms with Gasteiger partial charge >= 0.3 is 0 Å². The largest absolute Gasteiger partial charge is 0.338 e. The first kappa shape index (κ1) is 16.8. The van der Waals surface area contributed by atoms with Crippen molar-refractivity contribution < 1.29 is 13.2 Å². The zero-order valence-corrected chi connectivity index (χ0v) is 15.0. The summed E-state index contributed by atoms with van der Waals surface area (Å²) in [4.78, 5) is 14.2. The van der Waals surface area contributed by atoms with Gasteiger partial charge in [-0.25, -0.2) is 8.42 Å². The van der Waals surface area contributed by atoms with Crippen LogP contribution in [0, 0.1) is 11.8 Å². The van der Waals surface area contributed by atoms with E-state index in [0.717, 1.165) is 6.42 Å². The van der Waals surface area contributed by atoms with Crippen molar-refractivity contribution in [1.29, 1.82) is 0 Å². The monoisotopic (exact) mass is 393 g/mol. The van der Waals surface area contributed by atoms with Crippen molar-refractivity contribution in [3.05, 3.63) is 28.2 Å². The van der Waals surface area contributed by atoms with E-state index >= 15 is 0 Å². The second kappa shape index (κ2) is 6.26. The molecule has 0 N–H and O–H groups in total. The lowest BCUT2D eigenvalue weighted by Gasteiger charge is -2.35. The lowest BCUT2D eigenvalue weighted by molar-refractivity contribution is 0.0627. The van der Waals surface area contributed by atoms with Gasteiger partial charge in [0.1, 0.15) is 0 Å². The molecule has 0 aliphatic carbocycles. The summed E-state index contributed by atoms with van der Waals surface area (Å²) in [6.07, 6.45) is 0.962. The molecule has 2 atom stereocenters. The number of piperidine rings is 1. The van der Waals surface area contributed by atoms with Crippen molar-refractivity contribution in [2.45, 2.75) is 25.2 Å². The highest BCUT2D eigenvalue weighted by atomic mass is 79.9. The van der Waals surface area contributed by atoms with Gasteiger partial charge in [0.15, 0.2) is 0 Å². The Morgan fingerprint density at radius 3 is 2.57 bits per heavy atom. The van der Waals surface area contributed by atoms with Crippen LogP contribution in [0.1, 0.15) is 30.6 Å². The lowest BCUT2D eigenvalue weighted by Crippen LogP contribution is -2.42. The molecule has 1 amide bonds. The molecule has 21 heavy (non-hydrogen) atoms. The first-order valence-corrected chi connectivity index (χ1v) is 9.84. The second-order valence-corrected chi connectivity index (χ2v) is 8.97.